The molecule has 2 rings (SSSR count). The largest absolute Gasteiger partial charge is 0.497 e. The van der Waals surface area contributed by atoms with Crippen molar-refractivity contribution < 1.29 is 27.5 Å². The van der Waals surface area contributed by atoms with E-state index >= 15 is 0 Å². The predicted octanol–water partition coefficient (Wildman–Crippen LogP) is 1.95. The van der Waals surface area contributed by atoms with Gasteiger partial charge in [0.1, 0.15) is 12.3 Å². The van der Waals surface area contributed by atoms with E-state index in [0.29, 0.717) is 22.7 Å². The van der Waals surface area contributed by atoms with Gasteiger partial charge in [0.25, 0.3) is 5.91 Å². The lowest BCUT2D eigenvalue weighted by Gasteiger charge is -2.23. The van der Waals surface area contributed by atoms with Crippen molar-refractivity contribution in [3.63, 3.8) is 0 Å². The van der Waals surface area contributed by atoms with Crippen LogP contribution in [0.1, 0.15) is 5.56 Å². The molecule has 0 bridgehead atoms. The number of para-hydroxylation sites is 1. The minimum atomic E-state index is -3.71. The molecule has 0 unspecified atom stereocenters. The summed E-state index contributed by atoms with van der Waals surface area (Å²) in [5.74, 6) is -0.824. The molecule has 150 valence electrons. The number of rotatable bonds is 8. The van der Waals surface area contributed by atoms with Crippen molar-refractivity contribution in [1.29, 1.82) is 0 Å². The molecule has 0 saturated carbocycles. The van der Waals surface area contributed by atoms with Gasteiger partial charge in [0.2, 0.25) is 10.0 Å². The van der Waals surface area contributed by atoms with Crippen LogP contribution in [0, 0.1) is 6.92 Å². The lowest BCUT2D eigenvalue weighted by atomic mass is 10.2. The number of amides is 1. The number of carbonyl (C=O) groups excluding carboxylic acids is 2. The number of sulfonamides is 1. The highest BCUT2D eigenvalue weighted by atomic mass is 32.2. The maximum absolute atomic E-state index is 12.1. The van der Waals surface area contributed by atoms with Gasteiger partial charge < -0.3 is 14.8 Å². The Morgan fingerprint density at radius 2 is 1.82 bits per heavy atom. The fourth-order valence-electron chi connectivity index (χ4n) is 2.43. The summed E-state index contributed by atoms with van der Waals surface area (Å²) in [6.45, 7) is 0.665. The van der Waals surface area contributed by atoms with Gasteiger partial charge in [-0.2, -0.15) is 0 Å². The molecule has 0 aliphatic rings. The maximum Gasteiger partial charge on any atom is 0.327 e. The Morgan fingerprint density at radius 1 is 1.11 bits per heavy atom. The average molecular weight is 406 g/mol. The van der Waals surface area contributed by atoms with Crippen LogP contribution in [-0.4, -0.2) is 46.8 Å². The van der Waals surface area contributed by atoms with Crippen LogP contribution in [0.5, 0.6) is 5.75 Å². The number of methoxy groups -OCH3 is 1. The summed E-state index contributed by atoms with van der Waals surface area (Å²) in [6.07, 6.45) is 1.00. The van der Waals surface area contributed by atoms with Gasteiger partial charge in [-0.15, -0.1) is 0 Å². The van der Waals surface area contributed by atoms with Crippen molar-refractivity contribution in [3.8, 4) is 5.75 Å². The molecule has 0 aromatic heterocycles. The van der Waals surface area contributed by atoms with Gasteiger partial charge >= 0.3 is 5.97 Å². The Kier molecular flexibility index (Phi) is 7.00. The average Bonchev–Trinajstić information content (AvgIpc) is 2.64. The van der Waals surface area contributed by atoms with Crippen LogP contribution >= 0.6 is 0 Å². The second kappa shape index (κ2) is 9.23. The lowest BCUT2D eigenvalue weighted by molar-refractivity contribution is -0.145. The van der Waals surface area contributed by atoms with Crippen LogP contribution in [0.2, 0.25) is 0 Å². The number of nitrogens with zero attached hydrogens (tertiary/aromatic N) is 1. The molecule has 28 heavy (non-hydrogen) atoms. The van der Waals surface area contributed by atoms with E-state index in [1.807, 2.05) is 0 Å². The fraction of sp³-hybridized carbons (Fsp3) is 0.263. The zero-order chi connectivity index (χ0) is 20.7. The second-order valence-electron chi connectivity index (χ2n) is 6.00. The summed E-state index contributed by atoms with van der Waals surface area (Å²) < 4.78 is 35.1. The molecule has 0 saturated heterocycles. The van der Waals surface area contributed by atoms with Crippen LogP contribution in [0.25, 0.3) is 0 Å². The van der Waals surface area contributed by atoms with Crippen molar-refractivity contribution in [1.82, 2.24) is 0 Å². The summed E-state index contributed by atoms with van der Waals surface area (Å²) in [7, 11) is -2.21. The van der Waals surface area contributed by atoms with Gasteiger partial charge in [0.15, 0.2) is 6.61 Å². The fourth-order valence-corrected chi connectivity index (χ4v) is 3.33. The number of aryl methyl sites for hydroxylation is 1. The smallest absolute Gasteiger partial charge is 0.327 e. The van der Waals surface area contributed by atoms with Gasteiger partial charge in [-0.05, 0) is 30.7 Å². The van der Waals surface area contributed by atoms with E-state index in [1.165, 1.54) is 7.11 Å². The van der Waals surface area contributed by atoms with Crippen LogP contribution in [0.15, 0.2) is 48.5 Å². The number of ether oxygens (including phenoxy) is 2. The van der Waals surface area contributed by atoms with E-state index in [4.69, 9.17) is 9.47 Å². The first-order valence-electron chi connectivity index (χ1n) is 8.33. The minimum absolute atomic E-state index is 0.378. The van der Waals surface area contributed by atoms with E-state index in [2.05, 4.69) is 5.32 Å². The zero-order valence-electron chi connectivity index (χ0n) is 15.8. The summed E-state index contributed by atoms with van der Waals surface area (Å²) in [4.78, 5) is 24.1. The highest BCUT2D eigenvalue weighted by Crippen LogP contribution is 2.22. The van der Waals surface area contributed by atoms with Crippen LogP contribution in [0.4, 0.5) is 11.4 Å². The molecule has 0 radical (unpaired) electrons. The first kappa shape index (κ1) is 21.2. The first-order valence-corrected chi connectivity index (χ1v) is 10.2. The molecule has 0 heterocycles. The van der Waals surface area contributed by atoms with Gasteiger partial charge in [-0.3, -0.25) is 13.9 Å². The topological polar surface area (TPSA) is 102 Å². The number of esters is 1. The molecule has 1 amide bonds. The molecular weight excluding hydrogens is 384 g/mol. The Morgan fingerprint density at radius 3 is 2.46 bits per heavy atom. The molecule has 8 nitrogen and oxygen atoms in total. The highest BCUT2D eigenvalue weighted by molar-refractivity contribution is 7.92. The lowest BCUT2D eigenvalue weighted by Crippen LogP contribution is -2.37. The Hall–Kier alpha value is -3.07. The number of carbonyl (C=O) groups is 2. The Bertz CT molecular complexity index is 958. The third kappa shape index (κ3) is 5.98. The van der Waals surface area contributed by atoms with Crippen molar-refractivity contribution in [2.45, 2.75) is 6.92 Å². The molecule has 0 fully saturated rings. The monoisotopic (exact) mass is 406 g/mol. The van der Waals surface area contributed by atoms with Crippen LogP contribution in [-0.2, 0) is 24.3 Å². The quantitative estimate of drug-likeness (QED) is 0.673. The summed E-state index contributed by atoms with van der Waals surface area (Å²) in [5, 5.41) is 2.57. The number of benzene rings is 2. The summed E-state index contributed by atoms with van der Waals surface area (Å²) in [6, 6.07) is 13.5. The van der Waals surface area contributed by atoms with Crippen molar-refractivity contribution in [3.05, 3.63) is 54.1 Å². The van der Waals surface area contributed by atoms with E-state index in [1.54, 1.807) is 55.5 Å². The Labute approximate surface area is 164 Å². The summed E-state index contributed by atoms with van der Waals surface area (Å²) >= 11 is 0. The van der Waals surface area contributed by atoms with Crippen LogP contribution in [0.3, 0.4) is 0 Å². The molecule has 0 spiro atoms. The maximum atomic E-state index is 12.1. The molecule has 0 aliphatic carbocycles. The minimum Gasteiger partial charge on any atom is -0.497 e. The molecule has 1 N–H and O–H groups in total. The second-order valence-corrected chi connectivity index (χ2v) is 7.90. The molecule has 2 aromatic carbocycles. The third-order valence-electron chi connectivity index (χ3n) is 3.77. The van der Waals surface area contributed by atoms with Crippen molar-refractivity contribution in [2.24, 2.45) is 0 Å². The van der Waals surface area contributed by atoms with E-state index < -0.39 is 35.1 Å². The van der Waals surface area contributed by atoms with Gasteiger partial charge in [0, 0.05) is 11.8 Å². The standard InChI is InChI=1S/C19H22N2O6S/c1-14-7-4-5-10-17(14)21(28(3,24)25)12-19(23)27-13-18(22)20-15-8-6-9-16(11-15)26-2/h4-11H,12-13H2,1-3H3,(H,20,22). The van der Waals surface area contributed by atoms with Gasteiger partial charge in [0.05, 0.1) is 19.1 Å². The predicted molar refractivity (Wildman–Crippen MR) is 106 cm³/mol. The summed E-state index contributed by atoms with van der Waals surface area (Å²) in [5.41, 5.74) is 1.55. The van der Waals surface area contributed by atoms with Gasteiger partial charge in [-0.25, -0.2) is 8.42 Å². The first-order chi connectivity index (χ1) is 13.2. The van der Waals surface area contributed by atoms with E-state index in [9.17, 15) is 18.0 Å². The SMILES string of the molecule is COc1cccc(NC(=O)COC(=O)CN(c2ccccc2C)S(C)(=O)=O)c1. The molecule has 9 heteroatoms. The molecule has 2 aromatic rings. The van der Waals surface area contributed by atoms with Crippen molar-refractivity contribution >= 4 is 33.3 Å². The normalized spacial score (nSPS) is 10.8. The van der Waals surface area contributed by atoms with Crippen molar-refractivity contribution in [2.75, 3.05) is 36.1 Å². The number of hydrogen-bond acceptors (Lipinski definition) is 6. The molecular formula is C19H22N2O6S. The van der Waals surface area contributed by atoms with E-state index in [-0.39, 0.29) is 0 Å². The molecule has 0 atom stereocenters. The number of hydrogen-bond donors (Lipinski definition) is 1. The van der Waals surface area contributed by atoms with Crippen LogP contribution < -0.4 is 14.4 Å². The number of nitrogens with one attached hydrogen (secondary N) is 1. The highest BCUT2D eigenvalue weighted by Gasteiger charge is 2.23. The zero-order valence-corrected chi connectivity index (χ0v) is 16.7. The van der Waals surface area contributed by atoms with Gasteiger partial charge in [-0.1, -0.05) is 24.3 Å². The Balaban J connectivity index is 1.97. The van der Waals surface area contributed by atoms with E-state index in [0.717, 1.165) is 10.6 Å². The number of anilines is 2. The third-order valence-corrected chi connectivity index (χ3v) is 4.90. The molecule has 0 aliphatic heterocycles.